The largest absolute Gasteiger partial charge is 0.370 e. The van der Waals surface area contributed by atoms with Crippen molar-refractivity contribution in [2.45, 2.75) is 57.3 Å². The molecule has 5 atom stereocenters. The third-order valence-electron chi connectivity index (χ3n) is 6.55. The number of halogens is 2. The second kappa shape index (κ2) is 8.29. The molecule has 0 bridgehead atoms. The summed E-state index contributed by atoms with van der Waals surface area (Å²) in [5, 5.41) is 4.70. The SMILES string of the molecule is C[C@H]1CC[C@H]2[C@H](C1)O[C@H](c1cccc(Cl)c1)C[C@]2(C)NC(=O)c1ccc(Cl)cc1. The van der Waals surface area contributed by atoms with E-state index in [1.807, 2.05) is 18.2 Å². The Labute approximate surface area is 182 Å². The van der Waals surface area contributed by atoms with Gasteiger partial charge in [0, 0.05) is 33.5 Å². The fourth-order valence-electron chi connectivity index (χ4n) is 4.98. The van der Waals surface area contributed by atoms with E-state index in [-0.39, 0.29) is 23.7 Å². The average Bonchev–Trinajstić information content (AvgIpc) is 2.67. The summed E-state index contributed by atoms with van der Waals surface area (Å²) in [6.45, 7) is 4.46. The van der Waals surface area contributed by atoms with Crippen molar-refractivity contribution in [2.24, 2.45) is 11.8 Å². The molecule has 1 N–H and O–H groups in total. The molecule has 2 aromatic rings. The minimum Gasteiger partial charge on any atom is -0.370 e. The second-order valence-electron chi connectivity index (χ2n) is 8.83. The lowest BCUT2D eigenvalue weighted by atomic mass is 9.66. The Morgan fingerprint density at radius 1 is 1.10 bits per heavy atom. The minimum atomic E-state index is -0.354. The number of hydrogen-bond acceptors (Lipinski definition) is 2. The van der Waals surface area contributed by atoms with Gasteiger partial charge in [-0.05, 0) is 67.6 Å². The fraction of sp³-hybridized carbons (Fsp3) is 0.458. The van der Waals surface area contributed by atoms with E-state index in [0.717, 1.165) is 24.8 Å². The summed E-state index contributed by atoms with van der Waals surface area (Å²) in [5.41, 5.74) is 1.34. The highest BCUT2D eigenvalue weighted by atomic mass is 35.5. The first-order valence-corrected chi connectivity index (χ1v) is 11.1. The van der Waals surface area contributed by atoms with Crippen molar-refractivity contribution in [1.29, 1.82) is 0 Å². The molecule has 0 spiro atoms. The van der Waals surface area contributed by atoms with Gasteiger partial charge in [0.25, 0.3) is 5.91 Å². The topological polar surface area (TPSA) is 38.3 Å². The van der Waals surface area contributed by atoms with Gasteiger partial charge in [0.2, 0.25) is 0 Å². The molecule has 2 aromatic carbocycles. The highest BCUT2D eigenvalue weighted by Gasteiger charge is 2.49. The average molecular weight is 432 g/mol. The number of ether oxygens (including phenoxy) is 1. The van der Waals surface area contributed by atoms with Gasteiger partial charge in [-0.15, -0.1) is 0 Å². The number of carbonyl (C=O) groups excluding carboxylic acids is 1. The molecule has 1 heterocycles. The first-order valence-electron chi connectivity index (χ1n) is 10.3. The first-order chi connectivity index (χ1) is 13.8. The summed E-state index contributed by atoms with van der Waals surface area (Å²) in [4.78, 5) is 13.0. The standard InChI is InChI=1S/C24H27Cl2NO2/c1-15-6-11-20-21(12-15)29-22(17-4-3-5-19(26)13-17)14-24(20,2)27-23(28)16-7-9-18(25)10-8-16/h3-5,7-10,13,15,20-22H,6,11-12,14H2,1-2H3,(H,27,28)/t15-,20-,21-,22-,24-/m0/s1. The van der Waals surface area contributed by atoms with E-state index >= 15 is 0 Å². The minimum absolute atomic E-state index is 0.0618. The smallest absolute Gasteiger partial charge is 0.251 e. The third kappa shape index (κ3) is 4.47. The summed E-state index contributed by atoms with van der Waals surface area (Å²) in [5.74, 6) is 0.865. The summed E-state index contributed by atoms with van der Waals surface area (Å²) in [7, 11) is 0. The summed E-state index contributed by atoms with van der Waals surface area (Å²) in [6, 6.07) is 14.9. The molecule has 1 amide bonds. The van der Waals surface area contributed by atoms with Gasteiger partial charge in [0.05, 0.1) is 12.2 Å². The van der Waals surface area contributed by atoms with Gasteiger partial charge >= 0.3 is 0 Å². The van der Waals surface area contributed by atoms with Crippen molar-refractivity contribution < 1.29 is 9.53 Å². The van der Waals surface area contributed by atoms with Crippen LogP contribution in [0.4, 0.5) is 0 Å². The van der Waals surface area contributed by atoms with Crippen molar-refractivity contribution in [3.63, 3.8) is 0 Å². The zero-order valence-electron chi connectivity index (χ0n) is 16.8. The molecule has 0 radical (unpaired) electrons. The lowest BCUT2D eigenvalue weighted by molar-refractivity contribution is -0.144. The van der Waals surface area contributed by atoms with E-state index in [4.69, 9.17) is 27.9 Å². The number of carbonyl (C=O) groups is 1. The lowest BCUT2D eigenvalue weighted by Crippen LogP contribution is -2.60. The first kappa shape index (κ1) is 20.7. The Morgan fingerprint density at radius 2 is 1.86 bits per heavy atom. The number of hydrogen-bond donors (Lipinski definition) is 1. The number of benzene rings is 2. The molecule has 2 fully saturated rings. The molecule has 154 valence electrons. The molecule has 29 heavy (non-hydrogen) atoms. The summed E-state index contributed by atoms with van der Waals surface area (Å²) < 4.78 is 6.57. The number of rotatable bonds is 3. The van der Waals surface area contributed by atoms with Crippen LogP contribution in [0.1, 0.15) is 61.6 Å². The van der Waals surface area contributed by atoms with Crippen molar-refractivity contribution in [2.75, 3.05) is 0 Å². The molecule has 3 nitrogen and oxygen atoms in total. The Hall–Kier alpha value is -1.55. The van der Waals surface area contributed by atoms with E-state index in [1.165, 1.54) is 6.42 Å². The maximum atomic E-state index is 13.0. The van der Waals surface area contributed by atoms with Crippen LogP contribution >= 0.6 is 23.2 Å². The third-order valence-corrected chi connectivity index (χ3v) is 7.03. The Bertz CT molecular complexity index is 885. The summed E-state index contributed by atoms with van der Waals surface area (Å²) in [6.07, 6.45) is 4.02. The summed E-state index contributed by atoms with van der Waals surface area (Å²) >= 11 is 12.2. The molecular weight excluding hydrogens is 405 g/mol. The number of nitrogens with one attached hydrogen (secondary N) is 1. The van der Waals surface area contributed by atoms with Crippen LogP contribution in [0.25, 0.3) is 0 Å². The maximum absolute atomic E-state index is 13.0. The van der Waals surface area contributed by atoms with Gasteiger partial charge in [0.1, 0.15) is 0 Å². The van der Waals surface area contributed by atoms with Crippen molar-refractivity contribution in [1.82, 2.24) is 5.32 Å². The molecule has 1 aliphatic heterocycles. The molecule has 0 aromatic heterocycles. The van der Waals surface area contributed by atoms with Gasteiger partial charge in [-0.3, -0.25) is 4.79 Å². The fourth-order valence-corrected chi connectivity index (χ4v) is 5.31. The maximum Gasteiger partial charge on any atom is 0.251 e. The van der Waals surface area contributed by atoms with Crippen LogP contribution < -0.4 is 5.32 Å². The molecule has 1 aliphatic carbocycles. The van der Waals surface area contributed by atoms with E-state index in [1.54, 1.807) is 24.3 Å². The quantitative estimate of drug-likeness (QED) is 0.606. The van der Waals surface area contributed by atoms with Crippen LogP contribution in [0, 0.1) is 11.8 Å². The molecule has 1 saturated heterocycles. The normalized spacial score (nSPS) is 31.7. The van der Waals surface area contributed by atoms with Crippen LogP contribution in [0.3, 0.4) is 0 Å². The van der Waals surface area contributed by atoms with Gasteiger partial charge < -0.3 is 10.1 Å². The zero-order chi connectivity index (χ0) is 20.6. The number of amides is 1. The number of fused-ring (bicyclic) bond motifs is 1. The molecular formula is C24H27Cl2NO2. The molecule has 4 rings (SSSR count). The van der Waals surface area contributed by atoms with Crippen LogP contribution in [0.2, 0.25) is 10.0 Å². The zero-order valence-corrected chi connectivity index (χ0v) is 18.3. The van der Waals surface area contributed by atoms with Crippen LogP contribution in [0.5, 0.6) is 0 Å². The van der Waals surface area contributed by atoms with Gasteiger partial charge in [-0.1, -0.05) is 48.7 Å². The predicted octanol–water partition coefficient (Wildman–Crippen LogP) is 6.45. The van der Waals surface area contributed by atoms with E-state index < -0.39 is 0 Å². The highest BCUT2D eigenvalue weighted by molar-refractivity contribution is 6.30. The Morgan fingerprint density at radius 3 is 2.59 bits per heavy atom. The lowest BCUT2D eigenvalue weighted by Gasteiger charge is -2.52. The second-order valence-corrected chi connectivity index (χ2v) is 9.70. The predicted molar refractivity (Wildman–Crippen MR) is 118 cm³/mol. The van der Waals surface area contributed by atoms with Crippen molar-refractivity contribution in [3.8, 4) is 0 Å². The van der Waals surface area contributed by atoms with E-state index in [9.17, 15) is 4.79 Å². The van der Waals surface area contributed by atoms with Crippen LogP contribution in [0.15, 0.2) is 48.5 Å². The van der Waals surface area contributed by atoms with Crippen LogP contribution in [-0.2, 0) is 4.74 Å². The van der Waals surface area contributed by atoms with Crippen LogP contribution in [-0.4, -0.2) is 17.6 Å². The molecule has 0 unspecified atom stereocenters. The van der Waals surface area contributed by atoms with Gasteiger partial charge in [-0.2, -0.15) is 0 Å². The van der Waals surface area contributed by atoms with Gasteiger partial charge in [-0.25, -0.2) is 0 Å². The van der Waals surface area contributed by atoms with Gasteiger partial charge in [0.15, 0.2) is 0 Å². The molecule has 2 aliphatic rings. The van der Waals surface area contributed by atoms with Crippen molar-refractivity contribution >= 4 is 29.1 Å². The Kier molecular flexibility index (Phi) is 5.92. The van der Waals surface area contributed by atoms with E-state index in [0.29, 0.717) is 27.4 Å². The monoisotopic (exact) mass is 431 g/mol. The van der Waals surface area contributed by atoms with Crippen molar-refractivity contribution in [3.05, 3.63) is 69.7 Å². The highest BCUT2D eigenvalue weighted by Crippen LogP contribution is 2.48. The van der Waals surface area contributed by atoms with E-state index in [2.05, 4.69) is 25.2 Å². The molecule has 5 heteroatoms. The molecule has 1 saturated carbocycles. The Balaban J connectivity index is 1.62.